The second kappa shape index (κ2) is 8.77. The van der Waals surface area contributed by atoms with Gasteiger partial charge in [-0.25, -0.2) is 9.50 Å². The Morgan fingerprint density at radius 3 is 2.67 bits per heavy atom. The molecule has 1 saturated carbocycles. The number of anilines is 1. The zero-order chi connectivity index (χ0) is 22.9. The van der Waals surface area contributed by atoms with Crippen molar-refractivity contribution in [2.45, 2.75) is 52.5 Å². The standard InChI is InChI=1S/C25H29N7O/c1-16(2)18-6-8-19(9-7-18)32-15-22(23(30-32)21-10-5-17(3)13-27-21)29-25(33)20-14-28-31-12-4-11-26-24(20)31/h4-5,10-16,18-19H,6-9H2,1-3H3,(H,29,33). The van der Waals surface area contributed by atoms with Crippen LogP contribution < -0.4 is 5.32 Å². The van der Waals surface area contributed by atoms with Gasteiger partial charge in [0.1, 0.15) is 11.3 Å². The van der Waals surface area contributed by atoms with Crippen molar-refractivity contribution in [2.75, 3.05) is 5.32 Å². The van der Waals surface area contributed by atoms with Gasteiger partial charge in [0.05, 0.1) is 23.6 Å². The van der Waals surface area contributed by atoms with Crippen LogP contribution in [0.5, 0.6) is 0 Å². The predicted octanol–water partition coefficient (Wildman–Crippen LogP) is 4.94. The SMILES string of the molecule is Cc1ccc(-c2nn(C3CCC(C(C)C)CC3)cc2NC(=O)c2cnn3cccnc23)nc1. The van der Waals surface area contributed by atoms with Crippen molar-refractivity contribution in [1.82, 2.24) is 29.4 Å². The lowest BCUT2D eigenvalue weighted by molar-refractivity contribution is 0.102. The number of amides is 1. The van der Waals surface area contributed by atoms with E-state index in [4.69, 9.17) is 5.10 Å². The average molecular weight is 444 g/mol. The number of rotatable bonds is 5. The number of carbonyl (C=O) groups excluding carboxylic acids is 1. The van der Waals surface area contributed by atoms with Crippen molar-refractivity contribution in [2.24, 2.45) is 11.8 Å². The number of carbonyl (C=O) groups is 1. The first-order valence-corrected chi connectivity index (χ1v) is 11.6. The summed E-state index contributed by atoms with van der Waals surface area (Å²) in [7, 11) is 0. The van der Waals surface area contributed by atoms with E-state index in [1.165, 1.54) is 12.8 Å². The molecule has 1 aliphatic carbocycles. The van der Waals surface area contributed by atoms with Crippen LogP contribution in [-0.2, 0) is 0 Å². The van der Waals surface area contributed by atoms with E-state index in [0.717, 1.165) is 30.0 Å². The number of nitrogens with one attached hydrogen (secondary N) is 1. The Labute approximate surface area is 193 Å². The van der Waals surface area contributed by atoms with Crippen molar-refractivity contribution in [3.05, 3.63) is 60.3 Å². The Morgan fingerprint density at radius 1 is 1.12 bits per heavy atom. The molecule has 0 bridgehead atoms. The van der Waals surface area contributed by atoms with Gasteiger partial charge in [-0.2, -0.15) is 10.2 Å². The van der Waals surface area contributed by atoms with Gasteiger partial charge >= 0.3 is 0 Å². The van der Waals surface area contributed by atoms with Crippen LogP contribution in [0.3, 0.4) is 0 Å². The Hall–Kier alpha value is -3.55. The fraction of sp³-hybridized carbons (Fsp3) is 0.400. The molecule has 0 atom stereocenters. The van der Waals surface area contributed by atoms with E-state index in [0.29, 0.717) is 34.6 Å². The minimum absolute atomic E-state index is 0.264. The molecule has 4 heterocycles. The van der Waals surface area contributed by atoms with Gasteiger partial charge in [-0.1, -0.05) is 19.9 Å². The van der Waals surface area contributed by atoms with Crippen molar-refractivity contribution < 1.29 is 4.79 Å². The summed E-state index contributed by atoms with van der Waals surface area (Å²) in [5.41, 5.74) is 4.08. The molecular weight excluding hydrogens is 414 g/mol. The summed E-state index contributed by atoms with van der Waals surface area (Å²) < 4.78 is 3.62. The fourth-order valence-electron chi connectivity index (χ4n) is 4.68. The monoisotopic (exact) mass is 443 g/mol. The van der Waals surface area contributed by atoms with Crippen LogP contribution in [0.1, 0.15) is 61.5 Å². The van der Waals surface area contributed by atoms with Crippen LogP contribution in [0.15, 0.2) is 49.2 Å². The van der Waals surface area contributed by atoms with Crippen LogP contribution in [0.4, 0.5) is 5.69 Å². The highest BCUT2D eigenvalue weighted by atomic mass is 16.1. The van der Waals surface area contributed by atoms with Crippen LogP contribution in [0.25, 0.3) is 17.0 Å². The van der Waals surface area contributed by atoms with E-state index in [1.54, 1.807) is 29.2 Å². The van der Waals surface area contributed by atoms with Gasteiger partial charge in [0.25, 0.3) is 5.91 Å². The summed E-state index contributed by atoms with van der Waals surface area (Å²) in [6.07, 6.45) is 13.3. The Balaban J connectivity index is 1.46. The Bertz CT molecular complexity index is 1260. The summed E-state index contributed by atoms with van der Waals surface area (Å²) in [6, 6.07) is 6.06. The molecule has 8 heteroatoms. The summed E-state index contributed by atoms with van der Waals surface area (Å²) in [4.78, 5) is 22.0. The van der Waals surface area contributed by atoms with Crippen LogP contribution in [0.2, 0.25) is 0 Å². The number of fused-ring (bicyclic) bond motifs is 1. The minimum Gasteiger partial charge on any atom is -0.319 e. The highest BCUT2D eigenvalue weighted by molar-refractivity contribution is 6.09. The molecule has 0 saturated heterocycles. The fourth-order valence-corrected chi connectivity index (χ4v) is 4.68. The molecule has 8 nitrogen and oxygen atoms in total. The highest BCUT2D eigenvalue weighted by Gasteiger charge is 2.27. The average Bonchev–Trinajstić information content (AvgIpc) is 3.44. The number of aryl methyl sites for hydroxylation is 1. The van der Waals surface area contributed by atoms with E-state index < -0.39 is 0 Å². The second-order valence-corrected chi connectivity index (χ2v) is 9.31. The molecule has 0 unspecified atom stereocenters. The lowest BCUT2D eigenvalue weighted by atomic mass is 9.80. The minimum atomic E-state index is -0.264. The van der Waals surface area contributed by atoms with E-state index >= 15 is 0 Å². The van der Waals surface area contributed by atoms with Crippen LogP contribution >= 0.6 is 0 Å². The molecule has 33 heavy (non-hydrogen) atoms. The highest BCUT2D eigenvalue weighted by Crippen LogP contribution is 2.37. The number of aromatic nitrogens is 6. The summed E-state index contributed by atoms with van der Waals surface area (Å²) in [5.74, 6) is 1.22. The third kappa shape index (κ3) is 4.25. The van der Waals surface area contributed by atoms with Crippen molar-refractivity contribution >= 4 is 17.2 Å². The molecule has 1 N–H and O–H groups in total. The third-order valence-corrected chi connectivity index (χ3v) is 6.72. The number of hydrogen-bond acceptors (Lipinski definition) is 5. The van der Waals surface area contributed by atoms with Crippen molar-refractivity contribution in [1.29, 1.82) is 0 Å². The van der Waals surface area contributed by atoms with Gasteiger partial charge in [0.15, 0.2) is 5.65 Å². The second-order valence-electron chi connectivity index (χ2n) is 9.31. The van der Waals surface area contributed by atoms with Crippen molar-refractivity contribution in [3.8, 4) is 11.4 Å². The van der Waals surface area contributed by atoms with Gasteiger partial charge in [-0.3, -0.25) is 14.5 Å². The third-order valence-electron chi connectivity index (χ3n) is 6.72. The van der Waals surface area contributed by atoms with E-state index in [1.807, 2.05) is 36.1 Å². The van der Waals surface area contributed by atoms with Gasteiger partial charge < -0.3 is 5.32 Å². The maximum absolute atomic E-state index is 13.2. The lowest BCUT2D eigenvalue weighted by Gasteiger charge is -2.30. The molecule has 0 radical (unpaired) electrons. The summed E-state index contributed by atoms with van der Waals surface area (Å²) in [6.45, 7) is 6.62. The molecule has 4 aromatic rings. The molecule has 0 spiro atoms. The number of hydrogen-bond donors (Lipinski definition) is 1. The van der Waals surface area contributed by atoms with Gasteiger partial charge in [0.2, 0.25) is 0 Å². The topological polar surface area (TPSA) is 90.0 Å². The summed E-state index contributed by atoms with van der Waals surface area (Å²) >= 11 is 0. The molecule has 0 aromatic carbocycles. The largest absolute Gasteiger partial charge is 0.319 e. The van der Waals surface area contributed by atoms with E-state index in [-0.39, 0.29) is 5.91 Å². The first-order valence-electron chi connectivity index (χ1n) is 11.6. The lowest BCUT2D eigenvalue weighted by Crippen LogP contribution is -2.21. The van der Waals surface area contributed by atoms with Crippen LogP contribution in [-0.4, -0.2) is 35.3 Å². The van der Waals surface area contributed by atoms with Gasteiger partial charge in [-0.15, -0.1) is 0 Å². The van der Waals surface area contributed by atoms with E-state index in [2.05, 4.69) is 34.2 Å². The normalized spacial score (nSPS) is 18.7. The molecule has 1 fully saturated rings. The number of pyridine rings is 1. The maximum atomic E-state index is 13.2. The number of nitrogens with zero attached hydrogens (tertiary/aromatic N) is 6. The summed E-state index contributed by atoms with van der Waals surface area (Å²) in [5, 5.41) is 12.2. The predicted molar refractivity (Wildman–Crippen MR) is 127 cm³/mol. The first-order chi connectivity index (χ1) is 16.0. The first kappa shape index (κ1) is 21.3. The molecular formula is C25H29N7O. The molecule has 5 rings (SSSR count). The smallest absolute Gasteiger partial charge is 0.261 e. The molecule has 4 aromatic heterocycles. The molecule has 0 aliphatic heterocycles. The molecule has 1 aliphatic rings. The Morgan fingerprint density at radius 2 is 1.94 bits per heavy atom. The van der Waals surface area contributed by atoms with Crippen LogP contribution in [0, 0.1) is 18.8 Å². The zero-order valence-electron chi connectivity index (χ0n) is 19.3. The zero-order valence-corrected chi connectivity index (χ0v) is 19.3. The van der Waals surface area contributed by atoms with Crippen molar-refractivity contribution in [3.63, 3.8) is 0 Å². The van der Waals surface area contributed by atoms with E-state index in [9.17, 15) is 4.79 Å². The maximum Gasteiger partial charge on any atom is 0.261 e. The molecule has 1 amide bonds. The quantitative estimate of drug-likeness (QED) is 0.472. The Kier molecular flexibility index (Phi) is 5.66. The van der Waals surface area contributed by atoms with Gasteiger partial charge in [0, 0.05) is 24.8 Å². The molecule has 170 valence electrons. The van der Waals surface area contributed by atoms with Gasteiger partial charge in [-0.05, 0) is 62.1 Å².